The molecule has 0 amide bonds. The van der Waals surface area contributed by atoms with E-state index in [1.165, 1.54) is 15.4 Å². The van der Waals surface area contributed by atoms with Gasteiger partial charge in [-0.25, -0.2) is 0 Å². The van der Waals surface area contributed by atoms with Crippen molar-refractivity contribution in [3.8, 4) is 0 Å². The molecule has 1 atom stereocenters. The molecule has 0 saturated heterocycles. The molecule has 0 aliphatic heterocycles. The first-order valence-corrected chi connectivity index (χ1v) is 8.04. The van der Waals surface area contributed by atoms with Crippen molar-refractivity contribution in [3.05, 3.63) is 58.6 Å². The lowest BCUT2D eigenvalue weighted by Crippen LogP contribution is -2.14. The van der Waals surface area contributed by atoms with E-state index < -0.39 is 0 Å². The van der Waals surface area contributed by atoms with E-state index in [4.69, 9.17) is 0 Å². The molecule has 2 aromatic carbocycles. The van der Waals surface area contributed by atoms with Gasteiger partial charge in [0.05, 0.1) is 0 Å². The molecular formula is C16H18BrNS. The molecule has 3 heteroatoms. The minimum atomic E-state index is 0.451. The lowest BCUT2D eigenvalue weighted by atomic mass is 10.1. The molecule has 0 saturated carbocycles. The van der Waals surface area contributed by atoms with Gasteiger partial charge in [-0.1, -0.05) is 46.7 Å². The second-order valence-electron chi connectivity index (χ2n) is 4.37. The van der Waals surface area contributed by atoms with Crippen LogP contribution < -0.4 is 5.32 Å². The lowest BCUT2D eigenvalue weighted by Gasteiger charge is -2.14. The highest BCUT2D eigenvalue weighted by Crippen LogP contribution is 2.29. The van der Waals surface area contributed by atoms with Crippen LogP contribution in [0, 0.1) is 0 Å². The Morgan fingerprint density at radius 3 is 2.00 bits per heavy atom. The van der Waals surface area contributed by atoms with Crippen molar-refractivity contribution in [2.45, 2.75) is 29.2 Å². The average molecular weight is 336 g/mol. The molecule has 0 aliphatic rings. The summed E-state index contributed by atoms with van der Waals surface area (Å²) in [5, 5.41) is 3.33. The Morgan fingerprint density at radius 1 is 1.00 bits per heavy atom. The zero-order valence-electron chi connectivity index (χ0n) is 11.2. The monoisotopic (exact) mass is 335 g/mol. The zero-order chi connectivity index (χ0) is 13.7. The first kappa shape index (κ1) is 14.6. The molecule has 1 N–H and O–H groups in total. The van der Waals surface area contributed by atoms with E-state index in [-0.39, 0.29) is 0 Å². The molecular weight excluding hydrogens is 318 g/mol. The van der Waals surface area contributed by atoms with Gasteiger partial charge < -0.3 is 5.32 Å². The van der Waals surface area contributed by atoms with Gasteiger partial charge in [-0.15, -0.1) is 0 Å². The van der Waals surface area contributed by atoms with Gasteiger partial charge in [0.25, 0.3) is 0 Å². The van der Waals surface area contributed by atoms with Crippen LogP contribution in [-0.2, 0) is 0 Å². The second-order valence-corrected chi connectivity index (χ2v) is 6.44. The molecule has 0 fully saturated rings. The molecule has 0 aliphatic carbocycles. The molecule has 1 unspecified atom stereocenters. The van der Waals surface area contributed by atoms with Crippen molar-refractivity contribution < 1.29 is 0 Å². The minimum absolute atomic E-state index is 0.451. The summed E-state index contributed by atoms with van der Waals surface area (Å²) >= 11 is 5.25. The van der Waals surface area contributed by atoms with Gasteiger partial charge >= 0.3 is 0 Å². The molecule has 2 rings (SSSR count). The second kappa shape index (κ2) is 7.13. The van der Waals surface area contributed by atoms with Crippen LogP contribution in [0.2, 0.25) is 0 Å². The van der Waals surface area contributed by atoms with E-state index >= 15 is 0 Å². The smallest absolute Gasteiger partial charge is 0.0314 e. The van der Waals surface area contributed by atoms with E-state index in [2.05, 4.69) is 76.7 Å². The highest BCUT2D eigenvalue weighted by atomic mass is 79.9. The molecule has 0 bridgehead atoms. The Morgan fingerprint density at radius 2 is 1.53 bits per heavy atom. The van der Waals surface area contributed by atoms with Gasteiger partial charge in [-0.3, -0.25) is 0 Å². The first-order valence-electron chi connectivity index (χ1n) is 6.43. The molecule has 2 aromatic rings. The number of hydrogen-bond donors (Lipinski definition) is 1. The minimum Gasteiger partial charge on any atom is -0.313 e. The molecule has 1 nitrogen and oxygen atoms in total. The summed E-state index contributed by atoms with van der Waals surface area (Å²) < 4.78 is 1.12. The van der Waals surface area contributed by atoms with Gasteiger partial charge in [-0.2, -0.15) is 0 Å². The fourth-order valence-corrected chi connectivity index (χ4v) is 3.09. The van der Waals surface area contributed by atoms with E-state index in [0.29, 0.717) is 6.04 Å². The molecule has 0 aromatic heterocycles. The van der Waals surface area contributed by atoms with Crippen molar-refractivity contribution in [2.75, 3.05) is 7.05 Å². The van der Waals surface area contributed by atoms with Crippen LogP contribution in [0.5, 0.6) is 0 Å². The number of nitrogens with one attached hydrogen (secondary N) is 1. The van der Waals surface area contributed by atoms with Crippen molar-refractivity contribution in [2.24, 2.45) is 0 Å². The Bertz CT molecular complexity index is 503. The van der Waals surface area contributed by atoms with Gasteiger partial charge in [0, 0.05) is 20.3 Å². The van der Waals surface area contributed by atoms with E-state index in [1.54, 1.807) is 11.8 Å². The summed E-state index contributed by atoms with van der Waals surface area (Å²) in [5.74, 6) is 0. The summed E-state index contributed by atoms with van der Waals surface area (Å²) in [5.41, 5.74) is 1.35. The standard InChI is InChI=1S/C16H18BrNS/c1-3-16(18-2)12-4-8-14(9-5-12)19-15-10-6-13(17)7-11-15/h4-11,16,18H,3H2,1-2H3. The predicted molar refractivity (Wildman–Crippen MR) is 86.8 cm³/mol. The largest absolute Gasteiger partial charge is 0.313 e. The fourth-order valence-electron chi connectivity index (χ4n) is 2.01. The van der Waals surface area contributed by atoms with Gasteiger partial charge in [0.1, 0.15) is 0 Å². The van der Waals surface area contributed by atoms with Crippen LogP contribution in [0.4, 0.5) is 0 Å². The Balaban J connectivity index is 2.08. The number of rotatable bonds is 5. The van der Waals surface area contributed by atoms with Crippen molar-refractivity contribution in [1.82, 2.24) is 5.32 Å². The van der Waals surface area contributed by atoms with Gasteiger partial charge in [0.2, 0.25) is 0 Å². The molecule has 100 valence electrons. The summed E-state index contributed by atoms with van der Waals surface area (Å²) in [6, 6.07) is 17.7. The van der Waals surface area contributed by atoms with Crippen LogP contribution in [0.25, 0.3) is 0 Å². The highest BCUT2D eigenvalue weighted by Gasteiger charge is 2.06. The maximum absolute atomic E-state index is 3.46. The summed E-state index contributed by atoms with van der Waals surface area (Å²) in [6.07, 6.45) is 1.11. The SMILES string of the molecule is CCC(NC)c1ccc(Sc2ccc(Br)cc2)cc1. The third-order valence-corrected chi connectivity index (χ3v) is 4.63. The molecule has 0 radical (unpaired) electrons. The fraction of sp³-hybridized carbons (Fsp3) is 0.250. The highest BCUT2D eigenvalue weighted by molar-refractivity contribution is 9.10. The lowest BCUT2D eigenvalue weighted by molar-refractivity contribution is 0.576. The topological polar surface area (TPSA) is 12.0 Å². The van der Waals surface area contributed by atoms with Crippen molar-refractivity contribution >= 4 is 27.7 Å². The Labute approximate surface area is 127 Å². The number of benzene rings is 2. The first-order chi connectivity index (χ1) is 9.22. The summed E-state index contributed by atoms with van der Waals surface area (Å²) in [7, 11) is 2.01. The van der Waals surface area contributed by atoms with Crippen LogP contribution in [0.1, 0.15) is 24.9 Å². The van der Waals surface area contributed by atoms with Crippen LogP contribution in [0.3, 0.4) is 0 Å². The quantitative estimate of drug-likeness (QED) is 0.798. The van der Waals surface area contributed by atoms with Gasteiger partial charge in [0.15, 0.2) is 0 Å². The zero-order valence-corrected chi connectivity index (χ0v) is 13.6. The Hall–Kier alpha value is -0.770. The number of halogens is 1. The van der Waals surface area contributed by atoms with Crippen molar-refractivity contribution in [1.29, 1.82) is 0 Å². The van der Waals surface area contributed by atoms with Crippen molar-refractivity contribution in [3.63, 3.8) is 0 Å². The Kier molecular flexibility index (Phi) is 5.49. The van der Waals surface area contributed by atoms with Crippen LogP contribution in [-0.4, -0.2) is 7.05 Å². The van der Waals surface area contributed by atoms with Gasteiger partial charge in [-0.05, 0) is 55.4 Å². The van der Waals surface area contributed by atoms with E-state index in [1.807, 2.05) is 7.05 Å². The molecule has 0 heterocycles. The molecule has 0 spiro atoms. The normalized spacial score (nSPS) is 12.4. The maximum Gasteiger partial charge on any atom is 0.0314 e. The van der Waals surface area contributed by atoms with E-state index in [0.717, 1.165) is 10.9 Å². The maximum atomic E-state index is 3.46. The van der Waals surface area contributed by atoms with E-state index in [9.17, 15) is 0 Å². The average Bonchev–Trinajstić information content (AvgIpc) is 2.44. The summed E-state index contributed by atoms with van der Waals surface area (Å²) in [6.45, 7) is 2.20. The molecule has 19 heavy (non-hydrogen) atoms. The van der Waals surface area contributed by atoms with Crippen LogP contribution in [0.15, 0.2) is 62.8 Å². The summed E-state index contributed by atoms with van der Waals surface area (Å²) in [4.78, 5) is 2.54. The third kappa shape index (κ3) is 4.10. The number of hydrogen-bond acceptors (Lipinski definition) is 2. The third-order valence-electron chi connectivity index (χ3n) is 3.09. The van der Waals surface area contributed by atoms with Crippen LogP contribution >= 0.6 is 27.7 Å². The predicted octanol–water partition coefficient (Wildman–Crippen LogP) is 5.27.